The summed E-state index contributed by atoms with van der Waals surface area (Å²) in [5.74, 6) is 1.29. The molecule has 0 spiro atoms. The van der Waals surface area contributed by atoms with Crippen LogP contribution in [0.5, 0.6) is 23.0 Å². The zero-order valence-corrected chi connectivity index (χ0v) is 25.4. The van der Waals surface area contributed by atoms with Crippen molar-refractivity contribution in [2.75, 3.05) is 13.2 Å². The first-order valence-corrected chi connectivity index (χ1v) is 14.5. The molecule has 0 bridgehead atoms. The molecule has 5 rings (SSSR count). The van der Waals surface area contributed by atoms with Gasteiger partial charge in [-0.1, -0.05) is 41.9 Å². The van der Waals surface area contributed by atoms with Gasteiger partial charge in [0.05, 0.1) is 19.1 Å². The van der Waals surface area contributed by atoms with Gasteiger partial charge in [-0.2, -0.15) is 5.26 Å². The summed E-state index contributed by atoms with van der Waals surface area (Å²) in [6.45, 7) is 9.02. The smallest absolute Gasteiger partial charge is 0.379 e. The lowest BCUT2D eigenvalue weighted by molar-refractivity contribution is 0.0702. The Morgan fingerprint density at radius 1 is 1.10 bits per heavy atom. The van der Waals surface area contributed by atoms with Gasteiger partial charge in [-0.3, -0.25) is 0 Å². The standard InChI is InChI=1S/C33H31BrN2O6/c1-5-38-29-14-20(6-10-27(29)39-13-12-18(2)3)30-23-9-8-22(16-28(23)42-32(36)25(30)17-35)40-33(37)31-19(4)24-15-21(34)7-11-26(24)41-31/h6-11,14-16,18,30H,5,12-13,36H2,1-4H3. The van der Waals surface area contributed by atoms with Crippen LogP contribution in [0.25, 0.3) is 11.0 Å². The monoisotopic (exact) mass is 630 g/mol. The molecule has 3 aromatic carbocycles. The number of fused-ring (bicyclic) bond motifs is 2. The summed E-state index contributed by atoms with van der Waals surface area (Å²) in [6, 6.07) is 18.4. The number of rotatable bonds is 9. The van der Waals surface area contributed by atoms with Crippen molar-refractivity contribution in [2.45, 2.75) is 40.0 Å². The van der Waals surface area contributed by atoms with E-state index in [2.05, 4.69) is 35.8 Å². The van der Waals surface area contributed by atoms with E-state index >= 15 is 0 Å². The van der Waals surface area contributed by atoms with Crippen LogP contribution < -0.4 is 24.7 Å². The number of hydrogen-bond acceptors (Lipinski definition) is 8. The number of esters is 1. The molecular formula is C33H31BrN2O6. The van der Waals surface area contributed by atoms with Crippen LogP contribution in [0.2, 0.25) is 0 Å². The fourth-order valence-electron chi connectivity index (χ4n) is 4.88. The number of carbonyl (C=O) groups is 1. The molecule has 1 atom stereocenters. The Kier molecular flexibility index (Phi) is 8.46. The minimum absolute atomic E-state index is 0.0209. The lowest BCUT2D eigenvalue weighted by Crippen LogP contribution is -2.21. The molecule has 2 N–H and O–H groups in total. The number of nitrogens with zero attached hydrogens (tertiary/aromatic N) is 1. The van der Waals surface area contributed by atoms with Crippen molar-refractivity contribution in [2.24, 2.45) is 11.7 Å². The number of ether oxygens (including phenoxy) is 4. The van der Waals surface area contributed by atoms with Crippen LogP contribution in [0.15, 0.2) is 74.9 Å². The van der Waals surface area contributed by atoms with Crippen molar-refractivity contribution < 1.29 is 28.2 Å². The molecule has 0 saturated carbocycles. The topological polar surface area (TPSA) is 117 Å². The molecule has 0 aliphatic carbocycles. The average Bonchev–Trinajstić information content (AvgIpc) is 3.28. The van der Waals surface area contributed by atoms with E-state index in [0.717, 1.165) is 21.8 Å². The summed E-state index contributed by atoms with van der Waals surface area (Å²) in [5.41, 5.74) is 9.24. The highest BCUT2D eigenvalue weighted by Crippen LogP contribution is 2.45. The number of nitriles is 1. The Morgan fingerprint density at radius 3 is 2.64 bits per heavy atom. The molecule has 0 radical (unpaired) electrons. The van der Waals surface area contributed by atoms with Crippen LogP contribution in [0.3, 0.4) is 0 Å². The molecule has 8 nitrogen and oxygen atoms in total. The van der Waals surface area contributed by atoms with Crippen LogP contribution in [0.4, 0.5) is 0 Å². The third kappa shape index (κ3) is 5.81. The molecule has 42 heavy (non-hydrogen) atoms. The number of nitrogens with two attached hydrogens (primary N) is 1. The maximum Gasteiger partial charge on any atom is 0.379 e. The van der Waals surface area contributed by atoms with Gasteiger partial charge in [0.15, 0.2) is 11.5 Å². The molecular weight excluding hydrogens is 600 g/mol. The Morgan fingerprint density at radius 2 is 1.90 bits per heavy atom. The van der Waals surface area contributed by atoms with E-state index in [9.17, 15) is 10.1 Å². The second-order valence-corrected chi connectivity index (χ2v) is 11.3. The second-order valence-electron chi connectivity index (χ2n) is 10.4. The van der Waals surface area contributed by atoms with Crippen molar-refractivity contribution >= 4 is 32.9 Å². The maximum absolute atomic E-state index is 13.1. The first kappa shape index (κ1) is 29.1. The van der Waals surface area contributed by atoms with Crippen LogP contribution in [-0.4, -0.2) is 19.2 Å². The predicted octanol–water partition coefficient (Wildman–Crippen LogP) is 7.76. The predicted molar refractivity (Wildman–Crippen MR) is 162 cm³/mol. The van der Waals surface area contributed by atoms with E-state index < -0.39 is 11.9 Å². The zero-order valence-electron chi connectivity index (χ0n) is 23.8. The molecule has 1 aliphatic heterocycles. The molecule has 9 heteroatoms. The Balaban J connectivity index is 1.45. The van der Waals surface area contributed by atoms with Crippen molar-refractivity contribution in [3.63, 3.8) is 0 Å². The molecule has 2 heterocycles. The molecule has 4 aromatic rings. The van der Waals surface area contributed by atoms with Crippen molar-refractivity contribution in [3.8, 4) is 29.1 Å². The molecule has 1 unspecified atom stereocenters. The van der Waals surface area contributed by atoms with Gasteiger partial charge >= 0.3 is 5.97 Å². The highest BCUT2D eigenvalue weighted by Gasteiger charge is 2.32. The van der Waals surface area contributed by atoms with Crippen LogP contribution in [-0.2, 0) is 0 Å². The van der Waals surface area contributed by atoms with E-state index in [1.54, 1.807) is 24.3 Å². The number of halogens is 1. The summed E-state index contributed by atoms with van der Waals surface area (Å²) in [5, 5.41) is 10.8. The zero-order chi connectivity index (χ0) is 30.0. The number of benzene rings is 3. The van der Waals surface area contributed by atoms with E-state index in [0.29, 0.717) is 53.1 Å². The number of aryl methyl sites for hydroxylation is 1. The highest BCUT2D eigenvalue weighted by molar-refractivity contribution is 9.10. The van der Waals surface area contributed by atoms with Gasteiger partial charge in [0.2, 0.25) is 11.6 Å². The minimum Gasteiger partial charge on any atom is -0.490 e. The average molecular weight is 632 g/mol. The van der Waals surface area contributed by atoms with Crippen LogP contribution in [0.1, 0.15) is 60.4 Å². The fraction of sp³-hybridized carbons (Fsp3) is 0.273. The van der Waals surface area contributed by atoms with Gasteiger partial charge in [0.25, 0.3) is 0 Å². The summed E-state index contributed by atoms with van der Waals surface area (Å²) in [6.07, 6.45) is 0.916. The maximum atomic E-state index is 13.1. The van der Waals surface area contributed by atoms with Crippen molar-refractivity contribution in [1.29, 1.82) is 5.26 Å². The molecule has 0 fully saturated rings. The van der Waals surface area contributed by atoms with Gasteiger partial charge in [0.1, 0.15) is 28.7 Å². The molecule has 0 saturated heterocycles. The molecule has 216 valence electrons. The highest BCUT2D eigenvalue weighted by atomic mass is 79.9. The third-order valence-electron chi connectivity index (χ3n) is 7.04. The normalized spacial score (nSPS) is 14.4. The number of allylic oxidation sites excluding steroid dienone is 1. The second kappa shape index (κ2) is 12.2. The van der Waals surface area contributed by atoms with Crippen LogP contribution >= 0.6 is 15.9 Å². The largest absolute Gasteiger partial charge is 0.490 e. The van der Waals surface area contributed by atoms with Gasteiger partial charge in [-0.15, -0.1) is 0 Å². The van der Waals surface area contributed by atoms with Gasteiger partial charge < -0.3 is 29.1 Å². The minimum atomic E-state index is -0.636. The Bertz CT molecular complexity index is 1730. The van der Waals surface area contributed by atoms with Crippen molar-refractivity contribution in [3.05, 3.63) is 93.0 Å². The summed E-state index contributed by atoms with van der Waals surface area (Å²) < 4.78 is 30.1. The SMILES string of the molecule is CCOc1cc(C2C(C#N)=C(N)Oc3cc(OC(=O)c4oc5ccc(Br)cc5c4C)ccc32)ccc1OCCC(C)C. The summed E-state index contributed by atoms with van der Waals surface area (Å²) in [4.78, 5) is 13.1. The Labute approximate surface area is 252 Å². The summed E-state index contributed by atoms with van der Waals surface area (Å²) in [7, 11) is 0. The van der Waals surface area contributed by atoms with Gasteiger partial charge in [-0.25, -0.2) is 4.79 Å². The van der Waals surface area contributed by atoms with Gasteiger partial charge in [0, 0.05) is 27.1 Å². The third-order valence-corrected chi connectivity index (χ3v) is 7.53. The number of furan rings is 1. The van der Waals surface area contributed by atoms with Crippen LogP contribution in [0, 0.1) is 24.2 Å². The molecule has 1 aromatic heterocycles. The first-order chi connectivity index (χ1) is 20.2. The summed E-state index contributed by atoms with van der Waals surface area (Å²) >= 11 is 3.45. The number of hydrogen-bond donors (Lipinski definition) is 1. The quantitative estimate of drug-likeness (QED) is 0.147. The lowest BCUT2D eigenvalue weighted by Gasteiger charge is -2.27. The van der Waals surface area contributed by atoms with Crippen molar-refractivity contribution in [1.82, 2.24) is 0 Å². The van der Waals surface area contributed by atoms with E-state index in [4.69, 9.17) is 29.1 Å². The van der Waals surface area contributed by atoms with E-state index in [1.807, 2.05) is 44.2 Å². The van der Waals surface area contributed by atoms with Gasteiger partial charge in [-0.05, 0) is 68.1 Å². The van der Waals surface area contributed by atoms with E-state index in [1.165, 1.54) is 0 Å². The number of carbonyl (C=O) groups excluding carboxylic acids is 1. The fourth-order valence-corrected chi connectivity index (χ4v) is 5.24. The molecule has 0 amide bonds. The first-order valence-electron chi connectivity index (χ1n) is 13.7. The Hall–Kier alpha value is -4.42. The molecule has 1 aliphatic rings. The van der Waals surface area contributed by atoms with E-state index in [-0.39, 0.29) is 23.0 Å². The lowest BCUT2D eigenvalue weighted by atomic mass is 9.83.